The molecule has 122 valence electrons. The van der Waals surface area contributed by atoms with Crippen LogP contribution in [-0.4, -0.2) is 34.2 Å². The van der Waals surface area contributed by atoms with Gasteiger partial charge in [0.1, 0.15) is 0 Å². The van der Waals surface area contributed by atoms with Crippen molar-refractivity contribution in [2.75, 3.05) is 18.4 Å². The first-order valence-corrected chi connectivity index (χ1v) is 8.26. The van der Waals surface area contributed by atoms with E-state index in [4.69, 9.17) is 4.42 Å². The third kappa shape index (κ3) is 3.46. The van der Waals surface area contributed by atoms with Gasteiger partial charge < -0.3 is 9.73 Å². The molecular formula is C19H20N4O. The maximum absolute atomic E-state index is 5.27. The van der Waals surface area contributed by atoms with Crippen molar-refractivity contribution >= 4 is 5.69 Å². The molecule has 3 aromatic rings. The van der Waals surface area contributed by atoms with Crippen LogP contribution in [0, 0.1) is 0 Å². The molecule has 1 aliphatic rings. The summed E-state index contributed by atoms with van der Waals surface area (Å²) in [5.74, 6) is 0.552. The predicted molar refractivity (Wildman–Crippen MR) is 93.5 cm³/mol. The number of benzene rings is 2. The van der Waals surface area contributed by atoms with Gasteiger partial charge >= 0.3 is 0 Å². The zero-order valence-electron chi connectivity index (χ0n) is 13.4. The van der Waals surface area contributed by atoms with Gasteiger partial charge in [-0.1, -0.05) is 36.4 Å². The van der Waals surface area contributed by atoms with Crippen molar-refractivity contribution in [3.8, 4) is 11.5 Å². The minimum Gasteiger partial charge on any atom is -0.423 e. The Bertz CT molecular complexity index is 773. The third-order valence-electron chi connectivity index (χ3n) is 4.36. The fourth-order valence-corrected chi connectivity index (χ4v) is 3.21. The first kappa shape index (κ1) is 14.9. The summed E-state index contributed by atoms with van der Waals surface area (Å²) in [5.41, 5.74) is 3.41. The van der Waals surface area contributed by atoms with Gasteiger partial charge in [0.25, 0.3) is 0 Å². The largest absolute Gasteiger partial charge is 0.423 e. The first-order valence-electron chi connectivity index (χ1n) is 8.26. The van der Waals surface area contributed by atoms with Crippen LogP contribution in [0.2, 0.25) is 0 Å². The summed E-state index contributed by atoms with van der Waals surface area (Å²) in [5, 5.41) is 11.3. The first-order chi connectivity index (χ1) is 11.9. The van der Waals surface area contributed by atoms with Gasteiger partial charge in [0, 0.05) is 36.9 Å². The minimum atomic E-state index is 0.464. The summed E-state index contributed by atoms with van der Waals surface area (Å²) < 4.78 is 5.27. The molecule has 0 aliphatic carbocycles. The number of hydrogen-bond donors (Lipinski definition) is 1. The van der Waals surface area contributed by atoms with Crippen molar-refractivity contribution < 1.29 is 4.42 Å². The van der Waals surface area contributed by atoms with Crippen LogP contribution < -0.4 is 5.32 Å². The molecule has 0 bridgehead atoms. The second-order valence-electron chi connectivity index (χ2n) is 6.18. The third-order valence-corrected chi connectivity index (χ3v) is 4.36. The fourth-order valence-electron chi connectivity index (χ4n) is 3.21. The summed E-state index contributed by atoms with van der Waals surface area (Å²) in [6.45, 7) is 3.19. The van der Waals surface area contributed by atoms with Crippen LogP contribution in [0.15, 0.2) is 65.4 Å². The molecule has 1 aliphatic heterocycles. The van der Waals surface area contributed by atoms with Crippen molar-refractivity contribution in [2.24, 2.45) is 0 Å². The Labute approximate surface area is 141 Å². The van der Waals surface area contributed by atoms with E-state index in [1.807, 2.05) is 12.1 Å². The lowest BCUT2D eigenvalue weighted by molar-refractivity contribution is 0.328. The Morgan fingerprint density at radius 1 is 1.12 bits per heavy atom. The van der Waals surface area contributed by atoms with Gasteiger partial charge in [-0.15, -0.1) is 10.2 Å². The van der Waals surface area contributed by atoms with E-state index in [0.29, 0.717) is 11.9 Å². The zero-order valence-corrected chi connectivity index (χ0v) is 13.4. The molecule has 24 heavy (non-hydrogen) atoms. The topological polar surface area (TPSA) is 54.2 Å². The Kier molecular flexibility index (Phi) is 4.25. The highest BCUT2D eigenvalue weighted by atomic mass is 16.4. The average Bonchev–Trinajstić information content (AvgIpc) is 3.28. The molecule has 1 fully saturated rings. The number of hydrogen-bond acceptors (Lipinski definition) is 5. The molecule has 5 heteroatoms. The van der Waals surface area contributed by atoms with Gasteiger partial charge in [-0.3, -0.25) is 4.90 Å². The van der Waals surface area contributed by atoms with E-state index in [2.05, 4.69) is 62.9 Å². The van der Waals surface area contributed by atoms with E-state index in [9.17, 15) is 0 Å². The molecule has 1 atom stereocenters. The Hall–Kier alpha value is -2.66. The molecule has 1 unspecified atom stereocenters. The molecule has 0 amide bonds. The SMILES string of the molecule is c1ccc(CN2CCC(Nc3cccc(-c4nnco4)c3)C2)cc1. The highest BCUT2D eigenvalue weighted by Gasteiger charge is 2.22. The summed E-state index contributed by atoms with van der Waals surface area (Å²) >= 11 is 0. The normalized spacial score (nSPS) is 17.9. The van der Waals surface area contributed by atoms with Crippen LogP contribution in [-0.2, 0) is 6.54 Å². The summed E-state index contributed by atoms with van der Waals surface area (Å²) in [4.78, 5) is 2.49. The quantitative estimate of drug-likeness (QED) is 0.780. The van der Waals surface area contributed by atoms with Crippen molar-refractivity contribution in [3.05, 3.63) is 66.6 Å². The lowest BCUT2D eigenvalue weighted by Gasteiger charge is -2.17. The van der Waals surface area contributed by atoms with Gasteiger partial charge in [0.2, 0.25) is 12.3 Å². The van der Waals surface area contributed by atoms with Gasteiger partial charge in [-0.25, -0.2) is 0 Å². The molecule has 1 saturated heterocycles. The zero-order chi connectivity index (χ0) is 16.2. The highest BCUT2D eigenvalue weighted by molar-refractivity contribution is 5.61. The number of aromatic nitrogens is 2. The van der Waals surface area contributed by atoms with Crippen LogP contribution in [0.1, 0.15) is 12.0 Å². The van der Waals surface area contributed by atoms with E-state index >= 15 is 0 Å². The van der Waals surface area contributed by atoms with E-state index in [0.717, 1.165) is 37.3 Å². The number of anilines is 1. The Morgan fingerprint density at radius 3 is 2.88 bits per heavy atom. The van der Waals surface area contributed by atoms with Crippen molar-refractivity contribution in [1.29, 1.82) is 0 Å². The standard InChI is InChI=1S/C19H20N4O/c1-2-5-15(6-3-1)12-23-10-9-18(13-23)21-17-8-4-7-16(11-17)19-22-20-14-24-19/h1-8,11,14,18,21H,9-10,12-13H2. The van der Waals surface area contributed by atoms with Gasteiger partial charge in [-0.05, 0) is 30.2 Å². The summed E-state index contributed by atoms with van der Waals surface area (Å²) in [7, 11) is 0. The monoisotopic (exact) mass is 320 g/mol. The molecule has 1 N–H and O–H groups in total. The lowest BCUT2D eigenvalue weighted by atomic mass is 10.1. The van der Waals surface area contributed by atoms with Crippen molar-refractivity contribution in [1.82, 2.24) is 15.1 Å². The van der Waals surface area contributed by atoms with E-state index < -0.39 is 0 Å². The number of nitrogens with one attached hydrogen (secondary N) is 1. The molecular weight excluding hydrogens is 300 g/mol. The minimum absolute atomic E-state index is 0.464. The van der Waals surface area contributed by atoms with Crippen LogP contribution in [0.4, 0.5) is 5.69 Å². The number of likely N-dealkylation sites (tertiary alicyclic amines) is 1. The average molecular weight is 320 g/mol. The van der Waals surface area contributed by atoms with E-state index in [-0.39, 0.29) is 0 Å². The molecule has 2 heterocycles. The second kappa shape index (κ2) is 6.84. The molecule has 4 rings (SSSR count). The maximum Gasteiger partial charge on any atom is 0.247 e. The van der Waals surface area contributed by atoms with E-state index in [1.165, 1.54) is 12.0 Å². The van der Waals surface area contributed by atoms with Crippen molar-refractivity contribution in [2.45, 2.75) is 19.0 Å². The lowest BCUT2D eigenvalue weighted by Crippen LogP contribution is -2.25. The number of nitrogens with zero attached hydrogens (tertiary/aromatic N) is 3. The molecule has 0 saturated carbocycles. The molecule has 5 nitrogen and oxygen atoms in total. The molecule has 0 spiro atoms. The predicted octanol–water partition coefficient (Wildman–Crippen LogP) is 3.42. The Balaban J connectivity index is 1.37. The van der Waals surface area contributed by atoms with Gasteiger partial charge in [0.15, 0.2) is 0 Å². The van der Waals surface area contributed by atoms with Crippen molar-refractivity contribution in [3.63, 3.8) is 0 Å². The van der Waals surface area contributed by atoms with Crippen LogP contribution in [0.5, 0.6) is 0 Å². The van der Waals surface area contributed by atoms with Gasteiger partial charge in [-0.2, -0.15) is 0 Å². The van der Waals surface area contributed by atoms with Crippen LogP contribution >= 0.6 is 0 Å². The second-order valence-corrected chi connectivity index (χ2v) is 6.18. The fraction of sp³-hybridized carbons (Fsp3) is 0.263. The van der Waals surface area contributed by atoms with Crippen LogP contribution in [0.25, 0.3) is 11.5 Å². The summed E-state index contributed by atoms with van der Waals surface area (Å²) in [6.07, 6.45) is 2.51. The van der Waals surface area contributed by atoms with E-state index in [1.54, 1.807) is 0 Å². The smallest absolute Gasteiger partial charge is 0.247 e. The summed E-state index contributed by atoms with van der Waals surface area (Å²) in [6, 6.07) is 19.2. The van der Waals surface area contributed by atoms with Gasteiger partial charge in [0.05, 0.1) is 0 Å². The maximum atomic E-state index is 5.27. The Morgan fingerprint density at radius 2 is 2.04 bits per heavy atom. The molecule has 2 aromatic carbocycles. The van der Waals surface area contributed by atoms with Crippen LogP contribution in [0.3, 0.4) is 0 Å². The highest BCUT2D eigenvalue weighted by Crippen LogP contribution is 2.23. The molecule has 1 aromatic heterocycles. The number of rotatable bonds is 5. The molecule has 0 radical (unpaired) electrons.